The third-order valence-electron chi connectivity index (χ3n) is 2.69. The summed E-state index contributed by atoms with van der Waals surface area (Å²) in [5.74, 6) is -0.910. The summed E-state index contributed by atoms with van der Waals surface area (Å²) < 4.78 is 20.6. The highest BCUT2D eigenvalue weighted by Gasteiger charge is 2.22. The van der Waals surface area contributed by atoms with Gasteiger partial charge in [-0.25, -0.2) is 9.19 Å². The van der Waals surface area contributed by atoms with Gasteiger partial charge in [-0.3, -0.25) is 14.9 Å². The molecule has 8 nitrogen and oxygen atoms in total. The third kappa shape index (κ3) is 5.12. The Hall–Kier alpha value is -2.23. The highest BCUT2D eigenvalue weighted by atomic mass is 35.5. The number of halogens is 2. The van der Waals surface area contributed by atoms with Crippen LogP contribution in [-0.2, 0) is 9.73 Å². The summed E-state index contributed by atoms with van der Waals surface area (Å²) in [4.78, 5) is 26.4. The van der Waals surface area contributed by atoms with Crippen LogP contribution in [0.4, 0.5) is 5.69 Å². The lowest BCUT2D eigenvalue weighted by atomic mass is 10.1. The highest BCUT2D eigenvalue weighted by molar-refractivity contribution is 7.92. The summed E-state index contributed by atoms with van der Waals surface area (Å²) in [6.07, 6.45) is 3.79. The average Bonchev–Trinajstić information content (AvgIpc) is 2.48. The Balaban J connectivity index is 2.48. The molecule has 0 aliphatic carbocycles. The maximum atomic E-state index is 12.1. The Morgan fingerprint density at radius 1 is 1.32 bits per heavy atom. The Labute approximate surface area is 153 Å². The van der Waals surface area contributed by atoms with E-state index in [1.807, 2.05) is 0 Å². The van der Waals surface area contributed by atoms with Crippen LogP contribution in [0.15, 0.2) is 34.8 Å². The molecule has 1 heterocycles. The summed E-state index contributed by atoms with van der Waals surface area (Å²) in [7, 11) is -2.78. The van der Waals surface area contributed by atoms with Crippen molar-refractivity contribution in [2.45, 2.75) is 0 Å². The normalized spacial score (nSPS) is 11.0. The Bertz CT molecular complexity index is 978. The Kier molecular flexibility index (Phi) is 5.61. The van der Waals surface area contributed by atoms with Gasteiger partial charge in [0.2, 0.25) is 5.88 Å². The fourth-order valence-corrected chi connectivity index (χ4v) is 2.66. The largest absolute Gasteiger partial charge is 0.438 e. The molecule has 1 aromatic carbocycles. The van der Waals surface area contributed by atoms with Crippen LogP contribution in [0, 0.1) is 10.1 Å². The maximum absolute atomic E-state index is 12.1. The second-order valence-electron chi connectivity index (χ2n) is 5.06. The van der Waals surface area contributed by atoms with Crippen LogP contribution in [0.5, 0.6) is 11.6 Å². The molecule has 0 spiro atoms. The smallest absolute Gasteiger partial charge is 0.292 e. The molecule has 0 bridgehead atoms. The molecule has 0 saturated heterocycles. The molecule has 0 N–H and O–H groups in total. The number of hydrogen-bond donors (Lipinski definition) is 0. The number of ether oxygens (including phenoxy) is 1. The first-order valence-electron chi connectivity index (χ1n) is 6.55. The zero-order valence-corrected chi connectivity index (χ0v) is 15.3. The zero-order chi connectivity index (χ0) is 18.8. The Morgan fingerprint density at radius 2 is 2.00 bits per heavy atom. The van der Waals surface area contributed by atoms with E-state index in [9.17, 15) is 19.1 Å². The third-order valence-corrected chi connectivity index (χ3v) is 3.77. The van der Waals surface area contributed by atoms with Crippen LogP contribution in [0.2, 0.25) is 10.0 Å². The number of carbonyl (C=O) groups excluding carboxylic acids is 1. The molecule has 0 saturated carbocycles. The average molecular weight is 404 g/mol. The molecular formula is C14H11Cl2N3O5S. The number of aromatic nitrogens is 1. The number of pyridine rings is 1. The fourth-order valence-electron chi connectivity index (χ4n) is 1.75. The van der Waals surface area contributed by atoms with Crippen molar-refractivity contribution in [1.82, 2.24) is 4.98 Å². The van der Waals surface area contributed by atoms with Crippen molar-refractivity contribution in [3.63, 3.8) is 0 Å². The van der Waals surface area contributed by atoms with Gasteiger partial charge in [-0.2, -0.15) is 4.36 Å². The SMILES string of the molecule is CS(C)(=O)=NC(=O)c1cc(Oc2ncc(Cl)cc2Cl)ccc1[N+](=O)[O-]. The van der Waals surface area contributed by atoms with Gasteiger partial charge >= 0.3 is 0 Å². The quantitative estimate of drug-likeness (QED) is 0.563. The molecule has 1 amide bonds. The zero-order valence-electron chi connectivity index (χ0n) is 12.9. The molecule has 11 heteroatoms. The van der Waals surface area contributed by atoms with Crippen LogP contribution < -0.4 is 4.74 Å². The van der Waals surface area contributed by atoms with E-state index in [1.165, 1.54) is 30.8 Å². The minimum atomic E-state index is -2.78. The number of nitro benzene ring substituents is 1. The van der Waals surface area contributed by atoms with Gasteiger partial charge in [0.25, 0.3) is 11.6 Å². The van der Waals surface area contributed by atoms with Crippen molar-refractivity contribution < 1.29 is 18.7 Å². The first-order valence-corrected chi connectivity index (χ1v) is 9.64. The molecule has 0 aliphatic heterocycles. The van der Waals surface area contributed by atoms with Gasteiger partial charge < -0.3 is 4.74 Å². The highest BCUT2D eigenvalue weighted by Crippen LogP contribution is 2.32. The lowest BCUT2D eigenvalue weighted by Crippen LogP contribution is -2.05. The summed E-state index contributed by atoms with van der Waals surface area (Å²) in [6, 6.07) is 4.87. The number of benzene rings is 1. The van der Waals surface area contributed by atoms with Crippen molar-refractivity contribution in [3.8, 4) is 11.6 Å². The van der Waals surface area contributed by atoms with Gasteiger partial charge in [0.05, 0.1) is 9.95 Å². The number of hydrogen-bond acceptors (Lipinski definition) is 6. The van der Waals surface area contributed by atoms with Crippen molar-refractivity contribution in [3.05, 3.63) is 56.2 Å². The molecule has 25 heavy (non-hydrogen) atoms. The molecule has 1 aromatic heterocycles. The van der Waals surface area contributed by atoms with E-state index in [2.05, 4.69) is 9.35 Å². The van der Waals surface area contributed by atoms with E-state index in [1.54, 1.807) is 0 Å². The summed E-state index contributed by atoms with van der Waals surface area (Å²) in [5, 5.41) is 11.5. The van der Waals surface area contributed by atoms with E-state index in [-0.39, 0.29) is 22.2 Å². The predicted octanol–water partition coefficient (Wildman–Crippen LogP) is 3.96. The van der Waals surface area contributed by atoms with E-state index in [4.69, 9.17) is 27.9 Å². The first kappa shape index (κ1) is 19.1. The molecule has 2 rings (SSSR count). The fraction of sp³-hybridized carbons (Fsp3) is 0.143. The van der Waals surface area contributed by atoms with Crippen molar-refractivity contribution in [2.24, 2.45) is 4.36 Å². The topological polar surface area (TPSA) is 112 Å². The molecule has 132 valence electrons. The van der Waals surface area contributed by atoms with Crippen LogP contribution in [-0.4, -0.2) is 32.5 Å². The van der Waals surface area contributed by atoms with Crippen LogP contribution in [0.1, 0.15) is 10.4 Å². The molecule has 2 aromatic rings. The number of carbonyl (C=O) groups is 1. The van der Waals surface area contributed by atoms with Gasteiger partial charge in [0, 0.05) is 40.6 Å². The molecule has 0 aliphatic rings. The Morgan fingerprint density at radius 3 is 2.56 bits per heavy atom. The van der Waals surface area contributed by atoms with Crippen LogP contribution >= 0.6 is 23.2 Å². The van der Waals surface area contributed by atoms with Gasteiger partial charge in [-0.1, -0.05) is 23.2 Å². The minimum absolute atomic E-state index is 0.00466. The molecule has 0 fully saturated rings. The van der Waals surface area contributed by atoms with Crippen molar-refractivity contribution in [1.29, 1.82) is 0 Å². The van der Waals surface area contributed by atoms with Crippen molar-refractivity contribution >= 4 is 44.5 Å². The van der Waals surface area contributed by atoms with Crippen LogP contribution in [0.25, 0.3) is 0 Å². The number of nitrogens with zero attached hydrogens (tertiary/aromatic N) is 3. The molecule has 0 radical (unpaired) electrons. The second kappa shape index (κ2) is 7.34. The van der Waals surface area contributed by atoms with Crippen LogP contribution in [0.3, 0.4) is 0 Å². The summed E-state index contributed by atoms with van der Waals surface area (Å²) in [5.41, 5.74) is -0.844. The van der Waals surface area contributed by atoms with Crippen molar-refractivity contribution in [2.75, 3.05) is 12.5 Å². The lowest BCUT2D eigenvalue weighted by Gasteiger charge is -2.08. The number of nitro groups is 1. The molecule has 0 atom stereocenters. The van der Waals surface area contributed by atoms with Gasteiger partial charge in [0.1, 0.15) is 16.3 Å². The monoisotopic (exact) mass is 403 g/mol. The lowest BCUT2D eigenvalue weighted by molar-refractivity contribution is -0.385. The van der Waals surface area contributed by atoms with E-state index in [0.717, 1.165) is 12.1 Å². The second-order valence-corrected chi connectivity index (χ2v) is 8.45. The standard InChI is InChI=1S/C14H11Cl2N3O5S/c1-25(2,23)18-13(20)10-6-9(3-4-12(10)19(21)22)24-14-11(16)5-8(15)7-17-14/h3-7H,1-2H3. The summed E-state index contributed by atoms with van der Waals surface area (Å²) in [6.45, 7) is 0. The minimum Gasteiger partial charge on any atom is -0.438 e. The number of amides is 1. The summed E-state index contributed by atoms with van der Waals surface area (Å²) >= 11 is 11.7. The molecular weight excluding hydrogens is 393 g/mol. The first-order chi connectivity index (χ1) is 11.6. The number of rotatable bonds is 4. The van der Waals surface area contributed by atoms with Gasteiger partial charge in [-0.05, 0) is 12.1 Å². The predicted molar refractivity (Wildman–Crippen MR) is 94.2 cm³/mol. The van der Waals surface area contributed by atoms with E-state index in [0.29, 0.717) is 5.02 Å². The maximum Gasteiger partial charge on any atom is 0.292 e. The van der Waals surface area contributed by atoms with E-state index < -0.39 is 26.2 Å². The molecule has 0 unspecified atom stereocenters. The van der Waals surface area contributed by atoms with E-state index >= 15 is 0 Å². The van der Waals surface area contributed by atoms with Gasteiger partial charge in [-0.15, -0.1) is 0 Å². The van der Waals surface area contributed by atoms with Gasteiger partial charge in [0.15, 0.2) is 0 Å².